The standard InChI is InChI=1S/C24H19N7OS/c1-13-7-8-17-16(12-28-31-17)20(13)15-11-19(29-22(21(15)25)23(26)32)18-9-10-27-24(30-18)33-14-5-3-2-4-6-14/h2-12H,25H2,1H3,(H2,26,32)(H,28,31). The summed E-state index contributed by atoms with van der Waals surface area (Å²) in [5.74, 6) is -0.708. The first kappa shape index (κ1) is 20.7. The predicted octanol–water partition coefficient (Wildman–Crippen LogP) is 4.22. The number of primary amides is 1. The summed E-state index contributed by atoms with van der Waals surface area (Å²) in [6.07, 6.45) is 3.40. The Kier molecular flexibility index (Phi) is 5.23. The van der Waals surface area contributed by atoms with E-state index in [1.807, 2.05) is 55.5 Å². The third-order valence-electron chi connectivity index (χ3n) is 5.24. The molecule has 0 aliphatic rings. The van der Waals surface area contributed by atoms with Gasteiger partial charge in [0.1, 0.15) is 0 Å². The van der Waals surface area contributed by atoms with Crippen molar-refractivity contribution in [2.24, 2.45) is 5.73 Å². The van der Waals surface area contributed by atoms with E-state index in [0.717, 1.165) is 26.9 Å². The van der Waals surface area contributed by atoms with Gasteiger partial charge in [-0.2, -0.15) is 5.10 Å². The van der Waals surface area contributed by atoms with Crippen molar-refractivity contribution in [1.29, 1.82) is 0 Å². The molecular weight excluding hydrogens is 434 g/mol. The van der Waals surface area contributed by atoms with Gasteiger partial charge in [0.2, 0.25) is 0 Å². The smallest absolute Gasteiger partial charge is 0.269 e. The van der Waals surface area contributed by atoms with Crippen LogP contribution in [0.25, 0.3) is 33.4 Å². The van der Waals surface area contributed by atoms with Gasteiger partial charge in [-0.1, -0.05) is 24.3 Å². The maximum absolute atomic E-state index is 12.2. The molecule has 0 spiro atoms. The van der Waals surface area contributed by atoms with Gasteiger partial charge in [-0.15, -0.1) is 0 Å². The molecule has 0 unspecified atom stereocenters. The number of nitrogens with one attached hydrogen (secondary N) is 1. The second-order valence-electron chi connectivity index (χ2n) is 7.41. The van der Waals surface area contributed by atoms with Crippen molar-refractivity contribution in [3.05, 3.63) is 78.2 Å². The number of pyridine rings is 1. The molecule has 0 bridgehead atoms. The van der Waals surface area contributed by atoms with Crippen LogP contribution >= 0.6 is 11.8 Å². The fourth-order valence-electron chi connectivity index (χ4n) is 3.69. The van der Waals surface area contributed by atoms with E-state index in [1.54, 1.807) is 18.5 Å². The second kappa shape index (κ2) is 8.36. The number of aromatic amines is 1. The molecule has 0 aliphatic carbocycles. The van der Waals surface area contributed by atoms with Crippen LogP contribution in [0.3, 0.4) is 0 Å². The molecule has 3 aromatic heterocycles. The lowest BCUT2D eigenvalue weighted by Gasteiger charge is -2.15. The first-order valence-corrected chi connectivity index (χ1v) is 10.9. The quantitative estimate of drug-likeness (QED) is 0.339. The summed E-state index contributed by atoms with van der Waals surface area (Å²) in [6, 6.07) is 17.3. The Hall–Kier alpha value is -4.24. The lowest BCUT2D eigenvalue weighted by molar-refractivity contribution is 0.0996. The Morgan fingerprint density at radius 1 is 1.03 bits per heavy atom. The molecule has 0 saturated heterocycles. The van der Waals surface area contributed by atoms with E-state index in [0.29, 0.717) is 22.1 Å². The fraction of sp³-hybridized carbons (Fsp3) is 0.0417. The Bertz CT molecular complexity index is 1500. The van der Waals surface area contributed by atoms with E-state index in [-0.39, 0.29) is 11.4 Å². The number of H-pyrrole nitrogens is 1. The van der Waals surface area contributed by atoms with Crippen LogP contribution in [-0.2, 0) is 0 Å². The highest BCUT2D eigenvalue weighted by molar-refractivity contribution is 7.99. The van der Waals surface area contributed by atoms with Crippen molar-refractivity contribution in [3.63, 3.8) is 0 Å². The van der Waals surface area contributed by atoms with Gasteiger partial charge in [0.25, 0.3) is 5.91 Å². The van der Waals surface area contributed by atoms with Crippen LogP contribution in [0.1, 0.15) is 16.1 Å². The average molecular weight is 454 g/mol. The number of hydrogen-bond donors (Lipinski definition) is 3. The van der Waals surface area contributed by atoms with Crippen molar-refractivity contribution in [3.8, 4) is 22.5 Å². The maximum atomic E-state index is 12.2. The minimum absolute atomic E-state index is 0.00160. The zero-order chi connectivity index (χ0) is 22.9. The molecule has 0 aliphatic heterocycles. The van der Waals surface area contributed by atoms with Crippen molar-refractivity contribution in [2.75, 3.05) is 5.73 Å². The first-order valence-electron chi connectivity index (χ1n) is 10.1. The number of anilines is 1. The average Bonchev–Trinajstić information content (AvgIpc) is 3.29. The molecule has 5 N–H and O–H groups in total. The minimum Gasteiger partial charge on any atom is -0.396 e. The van der Waals surface area contributed by atoms with Crippen molar-refractivity contribution < 1.29 is 4.79 Å². The van der Waals surface area contributed by atoms with E-state index in [9.17, 15) is 4.79 Å². The first-order chi connectivity index (χ1) is 16.0. The zero-order valence-electron chi connectivity index (χ0n) is 17.6. The molecule has 8 nitrogen and oxygen atoms in total. The van der Waals surface area contributed by atoms with Gasteiger partial charge in [-0.3, -0.25) is 9.89 Å². The van der Waals surface area contributed by atoms with Crippen molar-refractivity contribution in [1.82, 2.24) is 25.1 Å². The highest BCUT2D eigenvalue weighted by atomic mass is 32.2. The lowest BCUT2D eigenvalue weighted by Crippen LogP contribution is -2.17. The predicted molar refractivity (Wildman–Crippen MR) is 129 cm³/mol. The van der Waals surface area contributed by atoms with Crippen LogP contribution in [0.5, 0.6) is 0 Å². The Morgan fingerprint density at radius 3 is 2.64 bits per heavy atom. The minimum atomic E-state index is -0.708. The number of carbonyl (C=O) groups excluding carboxylic acids is 1. The van der Waals surface area contributed by atoms with E-state index < -0.39 is 5.91 Å². The van der Waals surface area contributed by atoms with Crippen LogP contribution in [0.2, 0.25) is 0 Å². The summed E-state index contributed by atoms with van der Waals surface area (Å²) >= 11 is 1.44. The van der Waals surface area contributed by atoms with Crippen LogP contribution in [-0.4, -0.2) is 31.1 Å². The SMILES string of the molecule is Cc1ccc2[nH]ncc2c1-c1cc(-c2ccnc(Sc3ccccc3)n2)nc(C(N)=O)c1N. The largest absolute Gasteiger partial charge is 0.396 e. The summed E-state index contributed by atoms with van der Waals surface area (Å²) in [7, 11) is 0. The van der Waals surface area contributed by atoms with Gasteiger partial charge in [0.15, 0.2) is 10.9 Å². The van der Waals surface area contributed by atoms with Gasteiger partial charge in [-0.25, -0.2) is 15.0 Å². The molecule has 5 rings (SSSR count). The molecule has 33 heavy (non-hydrogen) atoms. The van der Waals surface area contributed by atoms with Crippen LogP contribution in [0, 0.1) is 6.92 Å². The van der Waals surface area contributed by atoms with E-state index in [1.165, 1.54) is 11.8 Å². The topological polar surface area (TPSA) is 136 Å². The molecule has 162 valence electrons. The Balaban J connectivity index is 1.68. The molecule has 0 atom stereocenters. The number of aryl methyl sites for hydroxylation is 1. The highest BCUT2D eigenvalue weighted by Gasteiger charge is 2.20. The van der Waals surface area contributed by atoms with Crippen molar-refractivity contribution >= 4 is 34.3 Å². The molecule has 0 saturated carbocycles. The molecule has 5 aromatic rings. The highest BCUT2D eigenvalue weighted by Crippen LogP contribution is 2.38. The van der Waals surface area contributed by atoms with E-state index in [4.69, 9.17) is 11.5 Å². The number of carbonyl (C=O) groups is 1. The fourth-order valence-corrected chi connectivity index (χ4v) is 4.45. The normalized spacial score (nSPS) is 11.1. The van der Waals surface area contributed by atoms with Gasteiger partial charge in [0, 0.05) is 22.0 Å². The molecule has 3 heterocycles. The molecule has 0 fully saturated rings. The number of rotatable bonds is 5. The third kappa shape index (κ3) is 3.90. The number of benzene rings is 2. The summed E-state index contributed by atoms with van der Waals surface area (Å²) in [5.41, 5.74) is 16.6. The Morgan fingerprint density at radius 2 is 1.85 bits per heavy atom. The number of amides is 1. The maximum Gasteiger partial charge on any atom is 0.269 e. The molecule has 2 aromatic carbocycles. The Labute approximate surface area is 193 Å². The molecular formula is C24H19N7OS. The van der Waals surface area contributed by atoms with E-state index >= 15 is 0 Å². The van der Waals surface area contributed by atoms with Gasteiger partial charge in [0.05, 0.1) is 28.8 Å². The summed E-state index contributed by atoms with van der Waals surface area (Å²) in [5, 5.41) is 8.57. The molecule has 0 radical (unpaired) electrons. The summed E-state index contributed by atoms with van der Waals surface area (Å²) in [6.45, 7) is 1.98. The van der Waals surface area contributed by atoms with Gasteiger partial charge >= 0.3 is 0 Å². The summed E-state index contributed by atoms with van der Waals surface area (Å²) in [4.78, 5) is 26.7. The van der Waals surface area contributed by atoms with Crippen molar-refractivity contribution in [2.45, 2.75) is 17.0 Å². The number of nitrogens with zero attached hydrogens (tertiary/aromatic N) is 4. The van der Waals surface area contributed by atoms with Crippen LogP contribution < -0.4 is 11.5 Å². The molecule has 9 heteroatoms. The van der Waals surface area contributed by atoms with Crippen LogP contribution in [0.15, 0.2) is 77.0 Å². The number of nitrogens with two attached hydrogens (primary N) is 2. The van der Waals surface area contributed by atoms with Gasteiger partial charge in [-0.05, 0) is 60.1 Å². The molecule has 1 amide bonds. The third-order valence-corrected chi connectivity index (χ3v) is 6.13. The second-order valence-corrected chi connectivity index (χ2v) is 8.45. The number of aromatic nitrogens is 5. The monoisotopic (exact) mass is 453 g/mol. The lowest BCUT2D eigenvalue weighted by atomic mass is 9.94. The zero-order valence-corrected chi connectivity index (χ0v) is 18.4. The number of hydrogen-bond acceptors (Lipinski definition) is 7. The van der Waals surface area contributed by atoms with Gasteiger partial charge < -0.3 is 11.5 Å². The number of nitrogen functional groups attached to an aromatic ring is 1. The number of fused-ring (bicyclic) bond motifs is 1. The van der Waals surface area contributed by atoms with E-state index in [2.05, 4.69) is 25.1 Å². The summed E-state index contributed by atoms with van der Waals surface area (Å²) < 4.78 is 0. The van der Waals surface area contributed by atoms with Crippen LogP contribution in [0.4, 0.5) is 5.69 Å².